The summed E-state index contributed by atoms with van der Waals surface area (Å²) in [5, 5.41) is 3.67. The fourth-order valence-electron chi connectivity index (χ4n) is 3.88. The Balaban J connectivity index is 2.05. The summed E-state index contributed by atoms with van der Waals surface area (Å²) in [6.45, 7) is 15.9. The van der Waals surface area contributed by atoms with Gasteiger partial charge in [-0.15, -0.1) is 0 Å². The Bertz CT molecular complexity index is 444. The van der Waals surface area contributed by atoms with Gasteiger partial charge in [-0.2, -0.15) is 0 Å². The lowest BCUT2D eigenvalue weighted by atomic mass is 9.89. The zero-order valence-electron chi connectivity index (χ0n) is 14.5. The molecule has 2 nitrogen and oxygen atoms in total. The molecular weight excluding hydrogens is 256 g/mol. The molecule has 0 amide bonds. The van der Waals surface area contributed by atoms with Crippen molar-refractivity contribution in [3.63, 3.8) is 0 Å². The van der Waals surface area contributed by atoms with Crippen LogP contribution in [0.2, 0.25) is 0 Å². The van der Waals surface area contributed by atoms with Crippen molar-refractivity contribution in [1.82, 2.24) is 10.2 Å². The third-order valence-corrected chi connectivity index (χ3v) is 5.03. The first-order chi connectivity index (χ1) is 10.0. The van der Waals surface area contributed by atoms with Gasteiger partial charge >= 0.3 is 0 Å². The normalized spacial score (nSPS) is 23.5. The minimum atomic E-state index is 0.719. The Morgan fingerprint density at radius 1 is 1.14 bits per heavy atom. The predicted octanol–water partition coefficient (Wildman–Crippen LogP) is 3.82. The monoisotopic (exact) mass is 288 g/mol. The molecule has 0 aromatic heterocycles. The van der Waals surface area contributed by atoms with Crippen LogP contribution in [0.1, 0.15) is 48.9 Å². The second-order valence-corrected chi connectivity index (χ2v) is 6.73. The van der Waals surface area contributed by atoms with Gasteiger partial charge in [0.25, 0.3) is 0 Å². The largest absolute Gasteiger partial charge is 0.314 e. The van der Waals surface area contributed by atoms with Crippen LogP contribution in [-0.2, 0) is 6.54 Å². The van der Waals surface area contributed by atoms with Crippen LogP contribution in [0.5, 0.6) is 0 Å². The van der Waals surface area contributed by atoms with E-state index >= 15 is 0 Å². The van der Waals surface area contributed by atoms with Crippen LogP contribution >= 0.6 is 0 Å². The molecule has 1 saturated heterocycles. The molecule has 2 unspecified atom stereocenters. The van der Waals surface area contributed by atoms with Gasteiger partial charge in [-0.3, -0.25) is 4.90 Å². The molecule has 0 saturated carbocycles. The van der Waals surface area contributed by atoms with Gasteiger partial charge in [-0.05, 0) is 62.9 Å². The quantitative estimate of drug-likeness (QED) is 0.886. The molecule has 2 atom stereocenters. The van der Waals surface area contributed by atoms with Crippen molar-refractivity contribution in [1.29, 1.82) is 0 Å². The number of rotatable bonds is 5. The Morgan fingerprint density at radius 3 is 2.38 bits per heavy atom. The van der Waals surface area contributed by atoms with Crippen molar-refractivity contribution in [2.75, 3.05) is 19.6 Å². The second-order valence-electron chi connectivity index (χ2n) is 6.73. The molecule has 1 aliphatic heterocycles. The molecule has 1 N–H and O–H groups in total. The van der Waals surface area contributed by atoms with Crippen LogP contribution in [0.25, 0.3) is 0 Å². The van der Waals surface area contributed by atoms with Crippen LogP contribution in [0.4, 0.5) is 0 Å². The molecule has 21 heavy (non-hydrogen) atoms. The van der Waals surface area contributed by atoms with Crippen LogP contribution in [-0.4, -0.2) is 30.6 Å². The first-order valence-electron chi connectivity index (χ1n) is 8.57. The summed E-state index contributed by atoms with van der Waals surface area (Å²) in [5.41, 5.74) is 5.83. The van der Waals surface area contributed by atoms with Crippen molar-refractivity contribution in [2.45, 2.75) is 60.0 Å². The van der Waals surface area contributed by atoms with Crippen LogP contribution in [0, 0.1) is 26.7 Å². The molecule has 0 radical (unpaired) electrons. The van der Waals surface area contributed by atoms with Crippen LogP contribution < -0.4 is 5.32 Å². The topological polar surface area (TPSA) is 15.3 Å². The minimum absolute atomic E-state index is 0.719. The van der Waals surface area contributed by atoms with Crippen LogP contribution in [0.3, 0.4) is 0 Å². The summed E-state index contributed by atoms with van der Waals surface area (Å²) < 4.78 is 0. The summed E-state index contributed by atoms with van der Waals surface area (Å²) in [7, 11) is 0. The molecule has 2 heteroatoms. The first kappa shape index (κ1) is 16.5. The average Bonchev–Trinajstić information content (AvgIpc) is 2.44. The van der Waals surface area contributed by atoms with E-state index in [4.69, 9.17) is 0 Å². The summed E-state index contributed by atoms with van der Waals surface area (Å²) in [6.07, 6.45) is 2.57. The Kier molecular flexibility index (Phi) is 5.83. The van der Waals surface area contributed by atoms with E-state index in [-0.39, 0.29) is 0 Å². The molecule has 1 aromatic carbocycles. The molecule has 0 aliphatic carbocycles. The van der Waals surface area contributed by atoms with E-state index in [1.807, 2.05) is 0 Å². The minimum Gasteiger partial charge on any atom is -0.314 e. The molecule has 1 aromatic rings. The number of nitrogens with one attached hydrogen (secondary N) is 1. The molecule has 118 valence electrons. The Hall–Kier alpha value is -0.860. The maximum absolute atomic E-state index is 3.67. The van der Waals surface area contributed by atoms with Gasteiger partial charge in [-0.25, -0.2) is 0 Å². The number of aryl methyl sites for hydroxylation is 3. The summed E-state index contributed by atoms with van der Waals surface area (Å²) in [5.74, 6) is 0.796. The maximum Gasteiger partial charge on any atom is 0.0239 e. The van der Waals surface area contributed by atoms with E-state index in [9.17, 15) is 0 Å². The summed E-state index contributed by atoms with van der Waals surface area (Å²) >= 11 is 0. The van der Waals surface area contributed by atoms with E-state index in [0.29, 0.717) is 0 Å². The van der Waals surface area contributed by atoms with Crippen molar-refractivity contribution < 1.29 is 0 Å². The third-order valence-electron chi connectivity index (χ3n) is 5.03. The predicted molar refractivity (Wildman–Crippen MR) is 91.8 cm³/mol. The fourth-order valence-corrected chi connectivity index (χ4v) is 3.88. The standard InChI is InChI=1S/C19H32N2/c1-6-17-12-21(9-8-19(17)20-7-2)13-18-15(4)10-14(3)11-16(18)5/h10-11,17,19-20H,6-9,12-13H2,1-5H3. The fraction of sp³-hybridized carbons (Fsp3) is 0.684. The van der Waals surface area contributed by atoms with Gasteiger partial charge in [0.2, 0.25) is 0 Å². The lowest BCUT2D eigenvalue weighted by molar-refractivity contribution is 0.129. The van der Waals surface area contributed by atoms with E-state index in [0.717, 1.165) is 25.0 Å². The highest BCUT2D eigenvalue weighted by atomic mass is 15.1. The highest BCUT2D eigenvalue weighted by Gasteiger charge is 2.27. The van der Waals surface area contributed by atoms with Gasteiger partial charge < -0.3 is 5.32 Å². The smallest absolute Gasteiger partial charge is 0.0239 e. The zero-order chi connectivity index (χ0) is 15.4. The number of piperidine rings is 1. The lowest BCUT2D eigenvalue weighted by Crippen LogP contribution is -2.48. The molecule has 1 heterocycles. The average molecular weight is 288 g/mol. The summed E-state index contributed by atoms with van der Waals surface area (Å²) in [6, 6.07) is 5.37. The number of benzene rings is 1. The van der Waals surface area contributed by atoms with Crippen molar-refractivity contribution in [3.05, 3.63) is 34.4 Å². The molecule has 0 spiro atoms. The zero-order valence-corrected chi connectivity index (χ0v) is 14.5. The second kappa shape index (κ2) is 7.42. The summed E-state index contributed by atoms with van der Waals surface area (Å²) in [4.78, 5) is 2.66. The third kappa shape index (κ3) is 4.08. The number of likely N-dealkylation sites (tertiary alicyclic amines) is 1. The highest BCUT2D eigenvalue weighted by molar-refractivity contribution is 5.37. The van der Waals surface area contributed by atoms with E-state index < -0.39 is 0 Å². The molecule has 1 fully saturated rings. The van der Waals surface area contributed by atoms with Crippen molar-refractivity contribution in [2.24, 2.45) is 5.92 Å². The molecule has 2 rings (SSSR count). The first-order valence-corrected chi connectivity index (χ1v) is 8.57. The Labute approximate surface area is 130 Å². The maximum atomic E-state index is 3.67. The molecular formula is C19H32N2. The van der Waals surface area contributed by atoms with Gasteiger partial charge in [0.1, 0.15) is 0 Å². The van der Waals surface area contributed by atoms with Gasteiger partial charge in [0, 0.05) is 19.1 Å². The molecule has 0 bridgehead atoms. The van der Waals surface area contributed by atoms with E-state index in [1.54, 1.807) is 0 Å². The van der Waals surface area contributed by atoms with Gasteiger partial charge in [0.15, 0.2) is 0 Å². The lowest BCUT2D eigenvalue weighted by Gasteiger charge is -2.39. The Morgan fingerprint density at radius 2 is 1.81 bits per heavy atom. The van der Waals surface area contributed by atoms with E-state index in [1.165, 1.54) is 48.2 Å². The number of hydrogen-bond donors (Lipinski definition) is 1. The highest BCUT2D eigenvalue weighted by Crippen LogP contribution is 2.24. The SMILES string of the molecule is CCNC1CCN(Cc2c(C)cc(C)cc2C)CC1CC. The van der Waals surface area contributed by atoms with Crippen molar-refractivity contribution in [3.8, 4) is 0 Å². The molecule has 1 aliphatic rings. The van der Waals surface area contributed by atoms with Crippen molar-refractivity contribution >= 4 is 0 Å². The van der Waals surface area contributed by atoms with Gasteiger partial charge in [-0.1, -0.05) is 38.0 Å². The number of nitrogens with zero attached hydrogens (tertiary/aromatic N) is 1. The number of hydrogen-bond acceptors (Lipinski definition) is 2. The van der Waals surface area contributed by atoms with Crippen LogP contribution in [0.15, 0.2) is 12.1 Å². The van der Waals surface area contributed by atoms with Gasteiger partial charge in [0.05, 0.1) is 0 Å². The van der Waals surface area contributed by atoms with E-state index in [2.05, 4.69) is 57.0 Å².